The molecular formula is C24H19F3N2O3. The number of amides is 1. The molecule has 0 bridgehead atoms. The summed E-state index contributed by atoms with van der Waals surface area (Å²) >= 11 is 0. The Balaban J connectivity index is 1.85. The van der Waals surface area contributed by atoms with Crippen molar-refractivity contribution in [2.75, 3.05) is 5.32 Å². The number of alkyl halides is 3. The number of benzene rings is 2. The lowest BCUT2D eigenvalue weighted by atomic mass is 9.92. The first-order chi connectivity index (χ1) is 15.2. The van der Waals surface area contributed by atoms with Gasteiger partial charge in [-0.2, -0.15) is 13.2 Å². The van der Waals surface area contributed by atoms with E-state index in [1.54, 1.807) is 31.2 Å². The van der Waals surface area contributed by atoms with Gasteiger partial charge in [0, 0.05) is 29.1 Å². The van der Waals surface area contributed by atoms with Gasteiger partial charge in [0.05, 0.1) is 5.56 Å². The van der Waals surface area contributed by atoms with Crippen LogP contribution in [-0.2, 0) is 12.6 Å². The van der Waals surface area contributed by atoms with Gasteiger partial charge in [-0.25, -0.2) is 0 Å². The van der Waals surface area contributed by atoms with Gasteiger partial charge in [0.1, 0.15) is 5.56 Å². The molecule has 1 aliphatic carbocycles. The minimum atomic E-state index is -4.52. The lowest BCUT2D eigenvalue weighted by molar-refractivity contribution is -0.137. The molecule has 1 N–H and O–H groups in total. The highest BCUT2D eigenvalue weighted by atomic mass is 19.4. The van der Waals surface area contributed by atoms with E-state index in [9.17, 15) is 27.6 Å². The van der Waals surface area contributed by atoms with Crippen molar-refractivity contribution >= 4 is 17.4 Å². The van der Waals surface area contributed by atoms with Crippen LogP contribution in [0.25, 0.3) is 5.69 Å². The molecule has 0 saturated heterocycles. The minimum Gasteiger partial charge on any atom is -0.322 e. The quantitative estimate of drug-likeness (QED) is 0.628. The maximum Gasteiger partial charge on any atom is 0.416 e. The van der Waals surface area contributed by atoms with Crippen LogP contribution >= 0.6 is 0 Å². The Morgan fingerprint density at radius 2 is 1.69 bits per heavy atom. The third kappa shape index (κ3) is 3.95. The van der Waals surface area contributed by atoms with Crippen molar-refractivity contribution in [1.82, 2.24) is 4.57 Å². The number of fused-ring (bicyclic) bond motifs is 1. The van der Waals surface area contributed by atoms with Gasteiger partial charge in [-0.15, -0.1) is 0 Å². The maximum atomic E-state index is 13.3. The van der Waals surface area contributed by atoms with Crippen LogP contribution < -0.4 is 10.9 Å². The number of para-hydroxylation sites is 1. The minimum absolute atomic E-state index is 0.166. The van der Waals surface area contributed by atoms with Crippen LogP contribution in [0.15, 0.2) is 59.4 Å². The Labute approximate surface area is 181 Å². The molecule has 0 saturated carbocycles. The van der Waals surface area contributed by atoms with Crippen molar-refractivity contribution < 1.29 is 22.8 Å². The van der Waals surface area contributed by atoms with Crippen molar-refractivity contribution in [3.63, 3.8) is 0 Å². The molecule has 0 spiro atoms. The first kappa shape index (κ1) is 21.5. The van der Waals surface area contributed by atoms with Gasteiger partial charge in [-0.3, -0.25) is 19.0 Å². The second kappa shape index (κ2) is 8.11. The molecule has 164 valence electrons. The molecule has 1 amide bonds. The number of carbonyl (C=O) groups excluding carboxylic acids is 2. The highest BCUT2D eigenvalue weighted by molar-refractivity contribution is 6.07. The third-order valence-corrected chi connectivity index (χ3v) is 5.51. The number of ketones is 1. The van der Waals surface area contributed by atoms with E-state index in [4.69, 9.17) is 0 Å². The van der Waals surface area contributed by atoms with Crippen LogP contribution in [0.2, 0.25) is 0 Å². The Kier molecular flexibility index (Phi) is 5.46. The van der Waals surface area contributed by atoms with Crippen LogP contribution in [0, 0.1) is 6.92 Å². The molecule has 0 aliphatic heterocycles. The number of halogens is 3. The van der Waals surface area contributed by atoms with E-state index in [2.05, 4.69) is 5.32 Å². The number of carbonyl (C=O) groups is 2. The zero-order valence-electron chi connectivity index (χ0n) is 17.1. The second-order valence-electron chi connectivity index (χ2n) is 7.65. The van der Waals surface area contributed by atoms with E-state index in [1.165, 1.54) is 22.8 Å². The first-order valence-corrected chi connectivity index (χ1v) is 10.0. The van der Waals surface area contributed by atoms with Crippen LogP contribution in [0.1, 0.15) is 50.4 Å². The molecule has 8 heteroatoms. The molecular weight excluding hydrogens is 421 g/mol. The molecule has 1 heterocycles. The van der Waals surface area contributed by atoms with Crippen LogP contribution in [0.3, 0.4) is 0 Å². The van der Waals surface area contributed by atoms with Crippen molar-refractivity contribution in [1.29, 1.82) is 0 Å². The lowest BCUT2D eigenvalue weighted by Crippen LogP contribution is -2.33. The fraction of sp³-hybridized carbons (Fsp3) is 0.208. The monoisotopic (exact) mass is 440 g/mol. The molecule has 5 nitrogen and oxygen atoms in total. The predicted molar refractivity (Wildman–Crippen MR) is 113 cm³/mol. The number of rotatable bonds is 3. The number of aromatic nitrogens is 1. The van der Waals surface area contributed by atoms with E-state index in [-0.39, 0.29) is 29.0 Å². The third-order valence-electron chi connectivity index (χ3n) is 5.51. The molecule has 0 atom stereocenters. The van der Waals surface area contributed by atoms with Gasteiger partial charge in [0.15, 0.2) is 5.78 Å². The summed E-state index contributed by atoms with van der Waals surface area (Å²) in [6.45, 7) is 1.80. The maximum absolute atomic E-state index is 13.3. The summed E-state index contributed by atoms with van der Waals surface area (Å²) in [6, 6.07) is 12.4. The van der Waals surface area contributed by atoms with Gasteiger partial charge in [0.25, 0.3) is 11.5 Å². The number of Topliss-reactive ketones (excluding diaryl/α,β-unsaturated/α-hetero) is 1. The highest BCUT2D eigenvalue weighted by Gasteiger charge is 2.31. The molecule has 1 aromatic heterocycles. The smallest absolute Gasteiger partial charge is 0.322 e. The average Bonchev–Trinajstić information content (AvgIpc) is 2.75. The summed E-state index contributed by atoms with van der Waals surface area (Å²) in [5.41, 5.74) is 0.322. The zero-order chi connectivity index (χ0) is 23.0. The second-order valence-corrected chi connectivity index (χ2v) is 7.65. The van der Waals surface area contributed by atoms with Gasteiger partial charge >= 0.3 is 6.18 Å². The SMILES string of the molecule is Cc1ccccc1NC(=O)c1cc2c(n(-c3ccc(C(F)(F)F)cc3)c1=O)CCCC2=O. The molecule has 0 fully saturated rings. The Hall–Kier alpha value is -3.68. The van der Waals surface area contributed by atoms with E-state index >= 15 is 0 Å². The summed E-state index contributed by atoms with van der Waals surface area (Å²) in [5, 5.41) is 2.68. The lowest BCUT2D eigenvalue weighted by Gasteiger charge is -2.22. The van der Waals surface area contributed by atoms with E-state index in [0.717, 1.165) is 17.7 Å². The summed E-state index contributed by atoms with van der Waals surface area (Å²) in [5.74, 6) is -0.900. The van der Waals surface area contributed by atoms with E-state index in [1.807, 2.05) is 0 Å². The fourth-order valence-corrected chi connectivity index (χ4v) is 3.83. The number of nitrogens with one attached hydrogen (secondary N) is 1. The Morgan fingerprint density at radius 3 is 2.34 bits per heavy atom. The largest absolute Gasteiger partial charge is 0.416 e. The molecule has 32 heavy (non-hydrogen) atoms. The molecule has 0 radical (unpaired) electrons. The van der Waals surface area contributed by atoms with Gasteiger partial charge in [0.2, 0.25) is 0 Å². The van der Waals surface area contributed by atoms with Crippen molar-refractivity contribution in [3.05, 3.63) is 92.9 Å². The molecule has 4 rings (SSSR count). The van der Waals surface area contributed by atoms with E-state index in [0.29, 0.717) is 24.2 Å². The van der Waals surface area contributed by atoms with Crippen LogP contribution in [-0.4, -0.2) is 16.3 Å². The number of hydrogen-bond acceptors (Lipinski definition) is 3. The number of pyridine rings is 1. The van der Waals surface area contributed by atoms with Crippen molar-refractivity contribution in [2.45, 2.75) is 32.4 Å². The standard InChI is InChI=1S/C24H19F3N2O3/c1-14-5-2-3-6-19(14)28-22(31)18-13-17-20(7-4-8-21(17)30)29(23(18)32)16-11-9-15(10-12-16)24(25,26)27/h2-3,5-6,9-13H,4,7-8H2,1H3,(H,28,31). The summed E-state index contributed by atoms with van der Waals surface area (Å²) in [4.78, 5) is 38.8. The Bertz CT molecular complexity index is 1280. The summed E-state index contributed by atoms with van der Waals surface area (Å²) in [7, 11) is 0. The number of nitrogens with zero attached hydrogens (tertiary/aromatic N) is 1. The number of hydrogen-bond donors (Lipinski definition) is 1. The molecule has 3 aromatic rings. The number of aryl methyl sites for hydroxylation is 1. The average molecular weight is 440 g/mol. The Morgan fingerprint density at radius 1 is 1.00 bits per heavy atom. The molecule has 2 aromatic carbocycles. The van der Waals surface area contributed by atoms with Crippen molar-refractivity contribution in [3.8, 4) is 5.69 Å². The first-order valence-electron chi connectivity index (χ1n) is 10.0. The zero-order valence-corrected chi connectivity index (χ0v) is 17.1. The van der Waals surface area contributed by atoms with Crippen molar-refractivity contribution in [2.24, 2.45) is 0 Å². The van der Waals surface area contributed by atoms with E-state index < -0.39 is 23.2 Å². The molecule has 0 unspecified atom stereocenters. The topological polar surface area (TPSA) is 68.2 Å². The number of anilines is 1. The van der Waals surface area contributed by atoms with Gasteiger partial charge in [-0.05, 0) is 61.7 Å². The summed E-state index contributed by atoms with van der Waals surface area (Å²) in [6.07, 6.45) is -3.33. The molecule has 1 aliphatic rings. The normalized spacial score (nSPS) is 13.6. The van der Waals surface area contributed by atoms with Gasteiger partial charge in [-0.1, -0.05) is 18.2 Å². The van der Waals surface area contributed by atoms with Gasteiger partial charge < -0.3 is 5.32 Å². The van der Waals surface area contributed by atoms with Crippen LogP contribution in [0.4, 0.5) is 18.9 Å². The highest BCUT2D eigenvalue weighted by Crippen LogP contribution is 2.30. The predicted octanol–water partition coefficient (Wildman–Crippen LogP) is 4.94. The van der Waals surface area contributed by atoms with Crippen LogP contribution in [0.5, 0.6) is 0 Å². The fourth-order valence-electron chi connectivity index (χ4n) is 3.83. The summed E-state index contributed by atoms with van der Waals surface area (Å²) < 4.78 is 40.1.